The Morgan fingerprint density at radius 1 is 1.22 bits per heavy atom. The number of aromatic amines is 1. The van der Waals surface area contributed by atoms with Crippen molar-refractivity contribution < 1.29 is 9.90 Å². The van der Waals surface area contributed by atoms with Crippen LogP contribution in [0.5, 0.6) is 0 Å². The molecule has 0 saturated heterocycles. The predicted octanol–water partition coefficient (Wildman–Crippen LogP) is 4.46. The zero-order valence-electron chi connectivity index (χ0n) is 13.1. The van der Waals surface area contributed by atoms with Crippen LogP contribution in [0.4, 0.5) is 0 Å². The minimum Gasteiger partial charge on any atom is -0.396 e. The average molecular weight is 328 g/mol. The van der Waals surface area contributed by atoms with Crippen molar-refractivity contribution in [3.8, 4) is 0 Å². The largest absolute Gasteiger partial charge is 0.396 e. The second-order valence-electron chi connectivity index (χ2n) is 5.79. The Kier molecular flexibility index (Phi) is 4.24. The van der Waals surface area contributed by atoms with Crippen LogP contribution in [0.25, 0.3) is 10.9 Å². The van der Waals surface area contributed by atoms with E-state index in [1.165, 1.54) is 0 Å². The number of carbonyl (C=O) groups excluding carboxylic acids is 1. The number of aliphatic hydroxyl groups is 1. The predicted molar refractivity (Wildman–Crippen MR) is 93.4 cm³/mol. The van der Waals surface area contributed by atoms with Crippen molar-refractivity contribution in [1.29, 1.82) is 0 Å². The van der Waals surface area contributed by atoms with Crippen LogP contribution in [0.2, 0.25) is 5.02 Å². The molecule has 118 valence electrons. The SMILES string of the molecule is Cc1[nH]c2ccc(Cl)c(C(C)CO)c2c1C(=O)c1ccccc1. The molecule has 1 aromatic heterocycles. The van der Waals surface area contributed by atoms with Crippen molar-refractivity contribution in [3.63, 3.8) is 0 Å². The first-order chi connectivity index (χ1) is 11.0. The maximum absolute atomic E-state index is 13.0. The van der Waals surface area contributed by atoms with Crippen LogP contribution in [0.15, 0.2) is 42.5 Å². The van der Waals surface area contributed by atoms with Gasteiger partial charge in [-0.05, 0) is 24.6 Å². The molecule has 23 heavy (non-hydrogen) atoms. The van der Waals surface area contributed by atoms with Crippen LogP contribution in [-0.4, -0.2) is 22.5 Å². The molecular formula is C19H18ClNO2. The van der Waals surface area contributed by atoms with Gasteiger partial charge < -0.3 is 10.1 Å². The number of ketones is 1. The van der Waals surface area contributed by atoms with Crippen molar-refractivity contribution >= 4 is 28.3 Å². The second kappa shape index (κ2) is 6.19. The van der Waals surface area contributed by atoms with Gasteiger partial charge in [-0.15, -0.1) is 0 Å². The molecule has 0 amide bonds. The van der Waals surface area contributed by atoms with Crippen LogP contribution >= 0.6 is 11.6 Å². The van der Waals surface area contributed by atoms with Gasteiger partial charge in [-0.2, -0.15) is 0 Å². The fourth-order valence-electron chi connectivity index (χ4n) is 3.01. The Balaban J connectivity index is 2.31. The molecule has 0 spiro atoms. The lowest BCUT2D eigenvalue weighted by atomic mass is 9.92. The molecule has 1 heterocycles. The zero-order chi connectivity index (χ0) is 16.6. The number of aromatic nitrogens is 1. The van der Waals surface area contributed by atoms with Crippen LogP contribution in [0.1, 0.15) is 40.0 Å². The molecule has 0 radical (unpaired) electrons. The number of H-pyrrole nitrogens is 1. The van der Waals surface area contributed by atoms with Gasteiger partial charge >= 0.3 is 0 Å². The molecule has 1 atom stereocenters. The number of nitrogens with one attached hydrogen (secondary N) is 1. The monoisotopic (exact) mass is 327 g/mol. The molecular weight excluding hydrogens is 310 g/mol. The van der Waals surface area contributed by atoms with Crippen molar-refractivity contribution in [2.24, 2.45) is 0 Å². The van der Waals surface area contributed by atoms with E-state index in [2.05, 4.69) is 4.98 Å². The average Bonchev–Trinajstić information content (AvgIpc) is 2.90. The summed E-state index contributed by atoms with van der Waals surface area (Å²) in [5.41, 5.74) is 3.75. The third kappa shape index (κ3) is 2.67. The normalized spacial score (nSPS) is 12.5. The quantitative estimate of drug-likeness (QED) is 0.695. The Morgan fingerprint density at radius 2 is 1.91 bits per heavy atom. The van der Waals surface area contributed by atoms with Crippen LogP contribution in [-0.2, 0) is 0 Å². The van der Waals surface area contributed by atoms with Gasteiger partial charge in [-0.1, -0.05) is 48.9 Å². The van der Waals surface area contributed by atoms with Gasteiger partial charge in [-0.3, -0.25) is 4.79 Å². The van der Waals surface area contributed by atoms with E-state index in [0.717, 1.165) is 22.2 Å². The van der Waals surface area contributed by atoms with Crippen LogP contribution in [0, 0.1) is 6.92 Å². The third-order valence-corrected chi connectivity index (χ3v) is 4.50. The molecule has 2 aromatic carbocycles. The first-order valence-electron chi connectivity index (χ1n) is 7.55. The van der Waals surface area contributed by atoms with E-state index >= 15 is 0 Å². The molecule has 1 unspecified atom stereocenters. The van der Waals surface area contributed by atoms with E-state index in [1.54, 1.807) is 18.2 Å². The number of carbonyl (C=O) groups is 1. The lowest BCUT2D eigenvalue weighted by Gasteiger charge is -2.14. The minimum absolute atomic E-state index is 0.0258. The summed E-state index contributed by atoms with van der Waals surface area (Å²) in [6.07, 6.45) is 0. The smallest absolute Gasteiger partial charge is 0.195 e. The summed E-state index contributed by atoms with van der Waals surface area (Å²) in [6, 6.07) is 12.9. The van der Waals surface area contributed by atoms with Gasteiger partial charge in [0, 0.05) is 39.7 Å². The van der Waals surface area contributed by atoms with Crippen molar-refractivity contribution in [3.05, 3.63) is 69.9 Å². The summed E-state index contributed by atoms with van der Waals surface area (Å²) >= 11 is 6.37. The highest BCUT2D eigenvalue weighted by atomic mass is 35.5. The van der Waals surface area contributed by atoms with Crippen LogP contribution in [0.3, 0.4) is 0 Å². The summed E-state index contributed by atoms with van der Waals surface area (Å²) < 4.78 is 0. The summed E-state index contributed by atoms with van der Waals surface area (Å²) in [7, 11) is 0. The summed E-state index contributed by atoms with van der Waals surface area (Å²) in [5, 5.41) is 11.0. The number of benzene rings is 2. The Hall–Kier alpha value is -2.10. The van der Waals surface area contributed by atoms with E-state index in [9.17, 15) is 9.90 Å². The van der Waals surface area contributed by atoms with Gasteiger partial charge in [-0.25, -0.2) is 0 Å². The van der Waals surface area contributed by atoms with E-state index in [1.807, 2.05) is 38.1 Å². The standard InChI is InChI=1S/C19H18ClNO2/c1-11(10-22)16-14(20)8-9-15-18(16)17(12(2)21-15)19(23)13-6-4-3-5-7-13/h3-9,11,21-22H,10H2,1-2H3. The molecule has 0 fully saturated rings. The number of fused-ring (bicyclic) bond motifs is 1. The topological polar surface area (TPSA) is 53.1 Å². The number of hydrogen-bond donors (Lipinski definition) is 2. The van der Waals surface area contributed by atoms with Crippen molar-refractivity contribution in [1.82, 2.24) is 4.98 Å². The van der Waals surface area contributed by atoms with Gasteiger partial charge in [0.1, 0.15) is 0 Å². The zero-order valence-corrected chi connectivity index (χ0v) is 13.8. The minimum atomic E-state index is -0.149. The van der Waals surface area contributed by atoms with Gasteiger partial charge in [0.2, 0.25) is 0 Å². The number of rotatable bonds is 4. The Bertz CT molecular complexity index is 868. The lowest BCUT2D eigenvalue weighted by molar-refractivity contribution is 0.103. The lowest BCUT2D eigenvalue weighted by Crippen LogP contribution is -2.06. The highest BCUT2D eigenvalue weighted by molar-refractivity contribution is 6.33. The van der Waals surface area contributed by atoms with Gasteiger partial charge in [0.15, 0.2) is 5.78 Å². The maximum Gasteiger partial charge on any atom is 0.195 e. The first-order valence-corrected chi connectivity index (χ1v) is 7.93. The molecule has 0 aliphatic rings. The van der Waals surface area contributed by atoms with Crippen molar-refractivity contribution in [2.45, 2.75) is 19.8 Å². The molecule has 0 bridgehead atoms. The second-order valence-corrected chi connectivity index (χ2v) is 6.19. The van der Waals surface area contributed by atoms with Crippen LogP contribution < -0.4 is 0 Å². The number of halogens is 1. The van der Waals surface area contributed by atoms with E-state index in [-0.39, 0.29) is 18.3 Å². The molecule has 0 aliphatic heterocycles. The molecule has 3 rings (SSSR count). The molecule has 2 N–H and O–H groups in total. The summed E-state index contributed by atoms with van der Waals surface area (Å²) in [6.45, 7) is 3.76. The number of hydrogen-bond acceptors (Lipinski definition) is 2. The number of aryl methyl sites for hydroxylation is 1. The molecule has 3 nitrogen and oxygen atoms in total. The highest BCUT2D eigenvalue weighted by Gasteiger charge is 2.23. The first kappa shape index (κ1) is 15.8. The molecule has 4 heteroatoms. The number of aliphatic hydroxyl groups excluding tert-OH is 1. The Morgan fingerprint density at radius 3 is 2.57 bits per heavy atom. The maximum atomic E-state index is 13.0. The fourth-order valence-corrected chi connectivity index (χ4v) is 3.35. The van der Waals surface area contributed by atoms with Crippen molar-refractivity contribution in [2.75, 3.05) is 6.61 Å². The third-order valence-electron chi connectivity index (χ3n) is 4.17. The molecule has 0 saturated carbocycles. The molecule has 3 aromatic rings. The van der Waals surface area contributed by atoms with E-state index in [4.69, 9.17) is 11.6 Å². The Labute approximate surface area is 139 Å². The van der Waals surface area contributed by atoms with E-state index in [0.29, 0.717) is 16.1 Å². The summed E-state index contributed by atoms with van der Waals surface area (Å²) in [5.74, 6) is -0.188. The fraction of sp³-hybridized carbons (Fsp3) is 0.211. The van der Waals surface area contributed by atoms with E-state index < -0.39 is 0 Å². The highest BCUT2D eigenvalue weighted by Crippen LogP contribution is 2.36. The molecule has 0 aliphatic carbocycles. The van der Waals surface area contributed by atoms with Gasteiger partial charge in [0.05, 0.1) is 5.56 Å². The van der Waals surface area contributed by atoms with Gasteiger partial charge in [0.25, 0.3) is 0 Å². The summed E-state index contributed by atoms with van der Waals surface area (Å²) in [4.78, 5) is 16.3.